The van der Waals surface area contributed by atoms with Crippen LogP contribution >= 0.6 is 0 Å². The lowest BCUT2D eigenvalue weighted by atomic mass is 9.94. The van der Waals surface area contributed by atoms with Crippen LogP contribution in [-0.4, -0.2) is 0 Å². The van der Waals surface area contributed by atoms with Gasteiger partial charge in [-0.3, -0.25) is 0 Å². The summed E-state index contributed by atoms with van der Waals surface area (Å²) in [6.45, 7) is 12.3. The van der Waals surface area contributed by atoms with Crippen LogP contribution in [0, 0.1) is 25.2 Å². The van der Waals surface area contributed by atoms with Crippen LogP contribution in [0.3, 0.4) is 0 Å². The zero-order valence-corrected chi connectivity index (χ0v) is 12.0. The number of rotatable bonds is 6. The van der Waals surface area contributed by atoms with Gasteiger partial charge in [0.1, 0.15) is 11.5 Å². The van der Waals surface area contributed by atoms with Crippen LogP contribution in [0.15, 0.2) is 16.6 Å². The first-order valence-corrected chi connectivity index (χ1v) is 6.57. The monoisotopic (exact) mass is 245 g/mol. The highest BCUT2D eigenvalue weighted by Gasteiger charge is 2.19. The van der Waals surface area contributed by atoms with Crippen molar-refractivity contribution in [3.8, 4) is 6.07 Å². The molecule has 0 fully saturated rings. The average molecular weight is 245 g/mol. The van der Waals surface area contributed by atoms with Gasteiger partial charge in [0.05, 0.1) is 6.07 Å². The Balaban J connectivity index is 2.90. The molecule has 98 valence electrons. The number of hydrogen-bond acceptors (Lipinski definition) is 2. The summed E-state index contributed by atoms with van der Waals surface area (Å²) in [7, 11) is 0. The largest absolute Gasteiger partial charge is 0.466 e. The Labute approximate surface area is 110 Å². The Hall–Kier alpha value is -1.49. The van der Waals surface area contributed by atoms with Crippen molar-refractivity contribution in [1.29, 1.82) is 5.26 Å². The van der Waals surface area contributed by atoms with Crippen molar-refractivity contribution in [2.45, 2.75) is 59.3 Å². The van der Waals surface area contributed by atoms with E-state index in [4.69, 9.17) is 9.68 Å². The maximum atomic E-state index is 8.59. The lowest BCUT2D eigenvalue weighted by Gasteiger charge is -2.11. The van der Waals surface area contributed by atoms with Crippen LogP contribution < -0.4 is 0 Å². The predicted molar refractivity (Wildman–Crippen MR) is 74.6 cm³/mol. The van der Waals surface area contributed by atoms with E-state index in [0.717, 1.165) is 36.4 Å². The van der Waals surface area contributed by atoms with Crippen LogP contribution in [0.4, 0.5) is 0 Å². The van der Waals surface area contributed by atoms with Gasteiger partial charge in [0, 0.05) is 17.9 Å². The van der Waals surface area contributed by atoms with Gasteiger partial charge >= 0.3 is 0 Å². The Morgan fingerprint density at radius 2 is 2.11 bits per heavy atom. The molecule has 0 aromatic carbocycles. The molecule has 0 aliphatic heterocycles. The van der Waals surface area contributed by atoms with Gasteiger partial charge < -0.3 is 4.42 Å². The van der Waals surface area contributed by atoms with E-state index in [9.17, 15) is 0 Å². The summed E-state index contributed by atoms with van der Waals surface area (Å²) in [6.07, 6.45) is 3.45. The smallest absolute Gasteiger partial charge is 0.110 e. The highest BCUT2D eigenvalue weighted by atomic mass is 16.3. The first kappa shape index (κ1) is 14.6. The quantitative estimate of drug-likeness (QED) is 0.532. The van der Waals surface area contributed by atoms with Gasteiger partial charge in [0.2, 0.25) is 0 Å². The highest BCUT2D eigenvalue weighted by Crippen LogP contribution is 2.32. The fourth-order valence-corrected chi connectivity index (χ4v) is 2.24. The predicted octanol–water partition coefficient (Wildman–Crippen LogP) is 4.81. The molecular weight excluding hydrogens is 222 g/mol. The third-order valence-corrected chi connectivity index (χ3v) is 3.39. The summed E-state index contributed by atoms with van der Waals surface area (Å²) >= 11 is 0. The molecule has 18 heavy (non-hydrogen) atoms. The van der Waals surface area contributed by atoms with Gasteiger partial charge in [0.15, 0.2) is 0 Å². The zero-order valence-electron chi connectivity index (χ0n) is 12.0. The van der Waals surface area contributed by atoms with Crippen molar-refractivity contribution >= 4 is 0 Å². The maximum absolute atomic E-state index is 8.59. The molecule has 2 nitrogen and oxygen atoms in total. The van der Waals surface area contributed by atoms with E-state index in [1.807, 2.05) is 13.8 Å². The number of unbranched alkanes of at least 4 members (excludes halogenated alkanes) is 1. The van der Waals surface area contributed by atoms with E-state index in [1.54, 1.807) is 0 Å². The van der Waals surface area contributed by atoms with Gasteiger partial charge in [-0.1, -0.05) is 19.1 Å². The summed E-state index contributed by atoms with van der Waals surface area (Å²) in [5, 5.41) is 8.59. The number of nitriles is 1. The van der Waals surface area contributed by atoms with Crippen LogP contribution in [0.2, 0.25) is 0 Å². The standard InChI is InChI=1S/C16H23NO/c1-11(2)10-15-13(4)14(5)18-16(15)12(3)8-6-7-9-17/h12H,1,6-8,10H2,2-5H3. The molecular formula is C16H23NO. The number of allylic oxidation sites excluding steroid dienone is 1. The van der Waals surface area contributed by atoms with Gasteiger partial charge in [-0.2, -0.15) is 5.26 Å². The normalized spacial score (nSPS) is 12.2. The molecule has 0 N–H and O–H groups in total. The molecule has 0 spiro atoms. The minimum Gasteiger partial charge on any atom is -0.466 e. The van der Waals surface area contributed by atoms with Crippen molar-refractivity contribution in [1.82, 2.24) is 0 Å². The Kier molecular flexibility index (Phi) is 5.22. The summed E-state index contributed by atoms with van der Waals surface area (Å²) in [6, 6.07) is 2.19. The van der Waals surface area contributed by atoms with E-state index in [-0.39, 0.29) is 0 Å². The lowest BCUT2D eigenvalue weighted by Crippen LogP contribution is -1.98. The molecule has 1 unspecified atom stereocenters. The van der Waals surface area contributed by atoms with E-state index < -0.39 is 0 Å². The second-order valence-electron chi connectivity index (χ2n) is 5.21. The minimum absolute atomic E-state index is 0.375. The molecule has 1 atom stereocenters. The number of aryl methyl sites for hydroxylation is 1. The summed E-state index contributed by atoms with van der Waals surface area (Å²) in [5.74, 6) is 2.47. The van der Waals surface area contributed by atoms with E-state index >= 15 is 0 Å². The summed E-state index contributed by atoms with van der Waals surface area (Å²) < 4.78 is 5.91. The Bertz CT molecular complexity index is 462. The first-order chi connectivity index (χ1) is 8.47. The molecule has 0 aliphatic carbocycles. The third kappa shape index (κ3) is 3.50. The second-order valence-corrected chi connectivity index (χ2v) is 5.21. The van der Waals surface area contributed by atoms with Crippen molar-refractivity contribution < 1.29 is 4.42 Å². The van der Waals surface area contributed by atoms with Gasteiger partial charge in [-0.15, -0.1) is 0 Å². The number of nitrogens with zero attached hydrogens (tertiary/aromatic N) is 1. The van der Waals surface area contributed by atoms with Crippen LogP contribution in [-0.2, 0) is 6.42 Å². The van der Waals surface area contributed by atoms with Gasteiger partial charge in [-0.25, -0.2) is 0 Å². The third-order valence-electron chi connectivity index (χ3n) is 3.39. The molecule has 1 aromatic rings. The van der Waals surface area contributed by atoms with Crippen LogP contribution in [0.1, 0.15) is 61.7 Å². The number of hydrogen-bond donors (Lipinski definition) is 0. The van der Waals surface area contributed by atoms with Gasteiger partial charge in [-0.05, 0) is 45.6 Å². The maximum Gasteiger partial charge on any atom is 0.110 e. The lowest BCUT2D eigenvalue weighted by molar-refractivity contribution is 0.434. The molecule has 1 rings (SSSR count). The Morgan fingerprint density at radius 1 is 1.44 bits per heavy atom. The molecule has 0 saturated carbocycles. The van der Waals surface area contributed by atoms with Crippen molar-refractivity contribution in [3.05, 3.63) is 34.8 Å². The summed E-state index contributed by atoms with van der Waals surface area (Å²) in [4.78, 5) is 0. The van der Waals surface area contributed by atoms with Crippen molar-refractivity contribution in [2.24, 2.45) is 0 Å². The molecule has 2 heteroatoms. The van der Waals surface area contributed by atoms with Gasteiger partial charge in [0.25, 0.3) is 0 Å². The SMILES string of the molecule is C=C(C)Cc1c(C(C)CCCC#N)oc(C)c1C. The summed E-state index contributed by atoms with van der Waals surface area (Å²) in [5.41, 5.74) is 3.70. The fourth-order valence-electron chi connectivity index (χ4n) is 2.24. The van der Waals surface area contributed by atoms with Crippen LogP contribution in [0.25, 0.3) is 0 Å². The molecule has 0 aliphatic rings. The molecule has 0 amide bonds. The topological polar surface area (TPSA) is 36.9 Å². The van der Waals surface area contributed by atoms with E-state index in [1.165, 1.54) is 11.1 Å². The van der Waals surface area contributed by atoms with E-state index in [0.29, 0.717) is 12.3 Å². The van der Waals surface area contributed by atoms with Crippen molar-refractivity contribution in [2.75, 3.05) is 0 Å². The molecule has 0 saturated heterocycles. The van der Waals surface area contributed by atoms with Crippen molar-refractivity contribution in [3.63, 3.8) is 0 Å². The van der Waals surface area contributed by atoms with E-state index in [2.05, 4.69) is 26.5 Å². The second kappa shape index (κ2) is 6.44. The minimum atomic E-state index is 0.375. The fraction of sp³-hybridized carbons (Fsp3) is 0.562. The molecule has 1 aromatic heterocycles. The molecule has 1 heterocycles. The molecule has 0 bridgehead atoms. The van der Waals surface area contributed by atoms with Crippen LogP contribution in [0.5, 0.6) is 0 Å². The number of furan rings is 1. The Morgan fingerprint density at radius 3 is 2.67 bits per heavy atom. The zero-order chi connectivity index (χ0) is 13.7. The molecule has 0 radical (unpaired) electrons. The average Bonchev–Trinajstić information content (AvgIpc) is 2.57. The first-order valence-electron chi connectivity index (χ1n) is 6.57. The highest BCUT2D eigenvalue weighted by molar-refractivity contribution is 5.36.